The predicted molar refractivity (Wildman–Crippen MR) is 80.4 cm³/mol. The van der Waals surface area contributed by atoms with Crippen LogP contribution in [0.3, 0.4) is 0 Å². The number of halogens is 1. The van der Waals surface area contributed by atoms with Gasteiger partial charge in [-0.15, -0.1) is 21.8 Å². The molecule has 90 valence electrons. The minimum absolute atomic E-state index is 0.730. The topological polar surface area (TPSA) is 9.23 Å². The summed E-state index contributed by atoms with van der Waals surface area (Å²) in [6.07, 6.45) is 5.30. The van der Waals surface area contributed by atoms with Gasteiger partial charge in [0.15, 0.2) is 0 Å². The molecule has 0 amide bonds. The van der Waals surface area contributed by atoms with E-state index in [0.29, 0.717) is 0 Å². The highest BCUT2D eigenvalue weighted by molar-refractivity contribution is 14.1. The molecule has 0 saturated carbocycles. The zero-order chi connectivity index (χ0) is 11.7. The Balaban J connectivity index is 3.09. The van der Waals surface area contributed by atoms with Gasteiger partial charge in [-0.2, -0.15) is 0 Å². The van der Waals surface area contributed by atoms with E-state index < -0.39 is 5.57 Å². The summed E-state index contributed by atoms with van der Waals surface area (Å²) in [6.45, 7) is 12.3. The quantitative estimate of drug-likeness (QED) is 0.193. The molecular weight excluding hydrogens is 315 g/mol. The van der Waals surface area contributed by atoms with Crippen LogP contribution >= 0.6 is 21.8 Å². The normalized spacial score (nSPS) is 11.7. The second-order valence-corrected chi connectivity index (χ2v) is 17.6. The van der Waals surface area contributed by atoms with Crippen LogP contribution in [-0.4, -0.2) is 18.8 Å². The van der Waals surface area contributed by atoms with E-state index in [2.05, 4.69) is 41.5 Å². The van der Waals surface area contributed by atoms with Gasteiger partial charge in [-0.05, 0) is 19.4 Å². The molecule has 0 aliphatic carbocycles. The monoisotopic (exact) mass is 340 g/mol. The first-order chi connectivity index (χ1) is 6.92. The van der Waals surface area contributed by atoms with E-state index in [9.17, 15) is 0 Å². The highest BCUT2D eigenvalue weighted by Crippen LogP contribution is 2.21. The maximum absolute atomic E-state index is 5.45. The first-order valence-electron chi connectivity index (χ1n) is 5.83. The van der Waals surface area contributed by atoms with Crippen molar-refractivity contribution in [2.24, 2.45) is 0 Å². The van der Waals surface area contributed by atoms with Crippen LogP contribution in [0, 0.1) is 0 Å². The van der Waals surface area contributed by atoms with Crippen LogP contribution in [-0.2, 0) is 4.74 Å². The molecule has 0 atom stereocenters. The second-order valence-electron chi connectivity index (χ2n) is 4.89. The SMILES string of the molecule is C=C(C)COCCCCCC[Si](C)(C)I. The summed E-state index contributed by atoms with van der Waals surface area (Å²) in [4.78, 5) is 0. The molecule has 15 heavy (non-hydrogen) atoms. The van der Waals surface area contributed by atoms with Crippen LogP contribution in [0.5, 0.6) is 0 Å². The molecule has 0 heterocycles. The van der Waals surface area contributed by atoms with Crippen molar-refractivity contribution in [3.8, 4) is 0 Å². The lowest BCUT2D eigenvalue weighted by molar-refractivity contribution is 0.151. The van der Waals surface area contributed by atoms with Crippen molar-refractivity contribution in [3.05, 3.63) is 12.2 Å². The van der Waals surface area contributed by atoms with Crippen LogP contribution < -0.4 is 0 Å². The van der Waals surface area contributed by atoms with Crippen molar-refractivity contribution in [1.82, 2.24) is 0 Å². The molecule has 0 spiro atoms. The van der Waals surface area contributed by atoms with Crippen LogP contribution in [0.2, 0.25) is 19.1 Å². The third-order valence-corrected chi connectivity index (χ3v) is 5.32. The maximum Gasteiger partial charge on any atom is 0.119 e. The molecule has 0 bridgehead atoms. The number of hydrogen-bond acceptors (Lipinski definition) is 1. The number of hydrogen-bond donors (Lipinski definition) is 0. The third-order valence-electron chi connectivity index (χ3n) is 2.16. The Kier molecular flexibility index (Phi) is 9.14. The van der Waals surface area contributed by atoms with Crippen molar-refractivity contribution in [2.45, 2.75) is 51.7 Å². The molecular formula is C12H25IOSi. The first kappa shape index (κ1) is 15.6. The highest BCUT2D eigenvalue weighted by Gasteiger charge is 2.14. The number of ether oxygens (including phenoxy) is 1. The molecule has 0 unspecified atom stereocenters. The molecule has 0 fully saturated rings. The minimum atomic E-state index is -0.820. The number of rotatable bonds is 9. The van der Waals surface area contributed by atoms with E-state index in [1.54, 1.807) is 0 Å². The van der Waals surface area contributed by atoms with Crippen molar-refractivity contribution in [2.75, 3.05) is 13.2 Å². The summed E-state index contributed by atoms with van der Waals surface area (Å²) in [7, 11) is 0. The van der Waals surface area contributed by atoms with E-state index in [1.165, 1.54) is 31.7 Å². The van der Waals surface area contributed by atoms with E-state index in [0.717, 1.165) is 18.8 Å². The molecule has 0 aliphatic heterocycles. The summed E-state index contributed by atoms with van der Waals surface area (Å²) >= 11 is 2.66. The van der Waals surface area contributed by atoms with Gasteiger partial charge in [0, 0.05) is 6.61 Å². The van der Waals surface area contributed by atoms with Gasteiger partial charge >= 0.3 is 0 Å². The molecule has 0 aliphatic rings. The Hall–Kier alpha value is 0.647. The van der Waals surface area contributed by atoms with Crippen LogP contribution in [0.4, 0.5) is 0 Å². The smallest absolute Gasteiger partial charge is 0.119 e. The second kappa shape index (κ2) is 8.76. The third kappa shape index (κ3) is 14.6. The van der Waals surface area contributed by atoms with Gasteiger partial charge in [-0.1, -0.05) is 44.5 Å². The summed E-state index contributed by atoms with van der Waals surface area (Å²) in [5, 5.41) is 0. The first-order valence-corrected chi connectivity index (χ1v) is 12.1. The molecule has 0 aromatic carbocycles. The number of unbranched alkanes of at least 4 members (excludes halogenated alkanes) is 3. The van der Waals surface area contributed by atoms with Gasteiger partial charge in [0.25, 0.3) is 0 Å². The molecule has 0 aromatic heterocycles. The van der Waals surface area contributed by atoms with Gasteiger partial charge in [0.1, 0.15) is 5.57 Å². The average Bonchev–Trinajstić information content (AvgIpc) is 2.07. The largest absolute Gasteiger partial charge is 0.377 e. The fourth-order valence-electron chi connectivity index (χ4n) is 1.35. The van der Waals surface area contributed by atoms with Gasteiger partial charge in [-0.25, -0.2) is 0 Å². The van der Waals surface area contributed by atoms with Gasteiger partial charge in [0.2, 0.25) is 0 Å². The zero-order valence-electron chi connectivity index (χ0n) is 10.4. The van der Waals surface area contributed by atoms with Crippen molar-refractivity contribution >= 4 is 27.4 Å². The lowest BCUT2D eigenvalue weighted by Crippen LogP contribution is -2.13. The van der Waals surface area contributed by atoms with Crippen molar-refractivity contribution < 1.29 is 4.74 Å². The standard InChI is InChI=1S/C12H25IOSi/c1-12(2)11-14-9-7-5-6-8-10-15(3,4)13/h1,5-11H2,2-4H3. The Morgan fingerprint density at radius 1 is 1.20 bits per heavy atom. The summed E-state index contributed by atoms with van der Waals surface area (Å²) in [5.74, 6) is 0. The molecule has 3 heteroatoms. The minimum Gasteiger partial charge on any atom is -0.377 e. The van der Waals surface area contributed by atoms with Gasteiger partial charge in [-0.3, -0.25) is 0 Å². The van der Waals surface area contributed by atoms with E-state index >= 15 is 0 Å². The predicted octanol–water partition coefficient (Wildman–Crippen LogP) is 4.78. The Labute approximate surface area is 109 Å². The van der Waals surface area contributed by atoms with Crippen molar-refractivity contribution in [1.29, 1.82) is 0 Å². The lowest BCUT2D eigenvalue weighted by Gasteiger charge is -2.12. The maximum atomic E-state index is 5.45. The summed E-state index contributed by atoms with van der Waals surface area (Å²) in [5.41, 5.74) is 0.298. The Morgan fingerprint density at radius 2 is 1.80 bits per heavy atom. The zero-order valence-corrected chi connectivity index (χ0v) is 13.6. The fraction of sp³-hybridized carbons (Fsp3) is 0.833. The lowest BCUT2D eigenvalue weighted by atomic mass is 10.2. The van der Waals surface area contributed by atoms with Gasteiger partial charge in [0.05, 0.1) is 6.61 Å². The van der Waals surface area contributed by atoms with Gasteiger partial charge < -0.3 is 4.74 Å². The molecule has 0 aromatic rings. The summed E-state index contributed by atoms with van der Waals surface area (Å²) < 4.78 is 5.45. The van der Waals surface area contributed by atoms with Crippen LogP contribution in [0.1, 0.15) is 32.6 Å². The Bertz CT molecular complexity index is 175. The molecule has 0 N–H and O–H groups in total. The molecule has 0 rings (SSSR count). The summed E-state index contributed by atoms with van der Waals surface area (Å²) in [6, 6.07) is 1.46. The Morgan fingerprint density at radius 3 is 2.33 bits per heavy atom. The van der Waals surface area contributed by atoms with Crippen LogP contribution in [0.25, 0.3) is 0 Å². The average molecular weight is 340 g/mol. The molecule has 1 nitrogen and oxygen atoms in total. The van der Waals surface area contributed by atoms with E-state index in [-0.39, 0.29) is 0 Å². The van der Waals surface area contributed by atoms with E-state index in [1.807, 2.05) is 6.92 Å². The fourth-order valence-corrected chi connectivity index (χ4v) is 3.58. The molecule has 0 saturated heterocycles. The molecule has 0 radical (unpaired) electrons. The highest BCUT2D eigenvalue weighted by atomic mass is 127. The van der Waals surface area contributed by atoms with Crippen LogP contribution in [0.15, 0.2) is 12.2 Å². The van der Waals surface area contributed by atoms with E-state index in [4.69, 9.17) is 4.74 Å². The van der Waals surface area contributed by atoms with Crippen molar-refractivity contribution in [3.63, 3.8) is 0 Å².